The third kappa shape index (κ3) is 30.9. The van der Waals surface area contributed by atoms with Crippen LogP contribution in [-0.2, 0) is 48.6 Å². The van der Waals surface area contributed by atoms with Gasteiger partial charge >= 0.3 is 168 Å². The number of rotatable bonds is 8. The molecule has 0 aliphatic heterocycles. The summed E-state index contributed by atoms with van der Waals surface area (Å²) in [5.74, 6) is 1.03. The van der Waals surface area contributed by atoms with Gasteiger partial charge in [0.2, 0.25) is 0 Å². The molecule has 0 amide bonds. The SMILES string of the molecule is CCO[C](=[Cr])/C=C(\SCC)C(C)(C)OCC.[C-]#[O+].[C-]#[O+].[C-]#[O+].[C-]#[O+].[C-]#[O+]. The maximum atomic E-state index is 7.50. The van der Waals surface area contributed by atoms with Crippen LogP contribution >= 0.6 is 11.8 Å². The Morgan fingerprint density at radius 2 is 1.27 bits per heavy atom. The van der Waals surface area contributed by atoms with Gasteiger partial charge in [0.1, 0.15) is 0 Å². The van der Waals surface area contributed by atoms with Gasteiger partial charge in [0, 0.05) is 0 Å². The van der Waals surface area contributed by atoms with E-state index >= 15 is 0 Å². The first kappa shape index (κ1) is 40.0. The molecule has 26 heavy (non-hydrogen) atoms. The van der Waals surface area contributed by atoms with Gasteiger partial charge in [0.25, 0.3) is 0 Å². The number of thioether (sulfide) groups is 1. The van der Waals surface area contributed by atoms with Crippen molar-refractivity contribution in [1.82, 2.24) is 0 Å². The van der Waals surface area contributed by atoms with Gasteiger partial charge in [-0.15, -0.1) is 0 Å². The molecule has 0 N–H and O–H groups in total. The van der Waals surface area contributed by atoms with E-state index in [9.17, 15) is 0 Å². The number of hydrogen-bond donors (Lipinski definition) is 0. The second kappa shape index (κ2) is 39.3. The predicted octanol–water partition coefficient (Wildman–Crippen LogP) is 2.96. The maximum absolute atomic E-state index is 7.50. The summed E-state index contributed by atoms with van der Waals surface area (Å²) in [6.45, 7) is 34.2. The van der Waals surface area contributed by atoms with Gasteiger partial charge in [-0.05, 0) is 0 Å². The summed E-state index contributed by atoms with van der Waals surface area (Å²) in [6.07, 6.45) is 2.04. The molecule has 0 radical (unpaired) electrons. The fraction of sp³-hybridized carbons (Fsp3) is 0.529. The fourth-order valence-electron chi connectivity index (χ4n) is 1.27. The van der Waals surface area contributed by atoms with E-state index in [0.29, 0.717) is 13.2 Å². The summed E-state index contributed by atoms with van der Waals surface area (Å²) in [4.78, 5) is 1.19. The molecule has 0 rings (SSSR count). The van der Waals surface area contributed by atoms with Crippen molar-refractivity contribution < 1.29 is 48.6 Å². The van der Waals surface area contributed by atoms with E-state index in [-0.39, 0.29) is 5.60 Å². The standard InChI is InChI=1S/C12H22O2S.5CO.Cr/c1-6-13-10-9-11(15-8-3)12(4,5)14-7-2;5*1-2;/h9H,6-8H2,1-5H3;;;;;;/b11-9-;;;;;;. The minimum absolute atomic E-state index is 0.248. The van der Waals surface area contributed by atoms with Crippen LogP contribution in [0, 0.1) is 33.3 Å². The molecule has 0 fully saturated rings. The van der Waals surface area contributed by atoms with Gasteiger partial charge in [-0.25, -0.2) is 0 Å². The van der Waals surface area contributed by atoms with E-state index in [1.165, 1.54) is 4.91 Å². The van der Waals surface area contributed by atoms with Crippen LogP contribution in [0.5, 0.6) is 0 Å². The van der Waals surface area contributed by atoms with Crippen molar-refractivity contribution in [2.24, 2.45) is 0 Å². The Balaban J connectivity index is -0.0000000854. The Morgan fingerprint density at radius 1 is 0.885 bits per heavy atom. The Labute approximate surface area is 168 Å². The van der Waals surface area contributed by atoms with E-state index in [4.69, 9.17) is 32.7 Å². The molecule has 0 bridgehead atoms. The average Bonchev–Trinajstić information content (AvgIpc) is 2.69. The number of hydrogen-bond acceptors (Lipinski definition) is 3. The van der Waals surface area contributed by atoms with E-state index in [1.807, 2.05) is 19.9 Å². The van der Waals surface area contributed by atoms with Crippen molar-refractivity contribution in [2.45, 2.75) is 40.2 Å². The molecule has 9 heteroatoms. The summed E-state index contributed by atoms with van der Waals surface area (Å²) in [6, 6.07) is 0. The summed E-state index contributed by atoms with van der Waals surface area (Å²) in [5, 5.41) is 0. The van der Waals surface area contributed by atoms with Crippen LogP contribution in [0.25, 0.3) is 0 Å². The van der Waals surface area contributed by atoms with Crippen molar-refractivity contribution in [3.8, 4) is 0 Å². The van der Waals surface area contributed by atoms with Crippen molar-refractivity contribution in [3.05, 3.63) is 44.2 Å². The van der Waals surface area contributed by atoms with E-state index in [0.717, 1.165) is 10.3 Å². The Bertz CT molecular complexity index is 400. The van der Waals surface area contributed by atoms with E-state index in [2.05, 4.69) is 69.9 Å². The van der Waals surface area contributed by atoms with Crippen LogP contribution in [0.2, 0.25) is 0 Å². The molecule has 0 saturated heterocycles. The first-order valence-electron chi connectivity index (χ1n) is 6.65. The van der Waals surface area contributed by atoms with Crippen molar-refractivity contribution in [1.29, 1.82) is 0 Å². The van der Waals surface area contributed by atoms with Gasteiger partial charge in [0.15, 0.2) is 0 Å². The van der Waals surface area contributed by atoms with Crippen LogP contribution in [-0.4, -0.2) is 29.1 Å². The van der Waals surface area contributed by atoms with E-state index in [1.54, 1.807) is 11.8 Å². The molecule has 0 aromatic carbocycles. The Kier molecular flexibility index (Phi) is 60.4. The summed E-state index contributed by atoms with van der Waals surface area (Å²) in [5.41, 5.74) is -0.248. The molecule has 0 saturated carbocycles. The normalized spacial score (nSPS) is 8.35. The molecule has 0 aliphatic carbocycles. The van der Waals surface area contributed by atoms with Gasteiger partial charge < -0.3 is 0 Å². The van der Waals surface area contributed by atoms with E-state index < -0.39 is 0 Å². The molecule has 0 aliphatic rings. The summed E-state index contributed by atoms with van der Waals surface area (Å²) < 4.78 is 49.5. The first-order chi connectivity index (χ1) is 12.5. The molecule has 0 atom stereocenters. The zero-order chi connectivity index (χ0) is 22.6. The van der Waals surface area contributed by atoms with Gasteiger partial charge in [-0.1, -0.05) is 0 Å². The van der Waals surface area contributed by atoms with Crippen molar-refractivity contribution >= 4 is 16.3 Å². The van der Waals surface area contributed by atoms with Gasteiger partial charge in [-0.2, -0.15) is 0 Å². The summed E-state index contributed by atoms with van der Waals surface area (Å²) in [7, 11) is 0. The quantitative estimate of drug-likeness (QED) is 0.442. The van der Waals surface area contributed by atoms with Crippen LogP contribution < -0.4 is 0 Å². The van der Waals surface area contributed by atoms with Crippen molar-refractivity contribution in [3.63, 3.8) is 0 Å². The third-order valence-corrected chi connectivity index (χ3v) is 3.51. The third-order valence-electron chi connectivity index (χ3n) is 1.93. The van der Waals surface area contributed by atoms with Crippen LogP contribution in [0.3, 0.4) is 0 Å². The Morgan fingerprint density at radius 3 is 1.54 bits per heavy atom. The molecule has 0 aromatic heterocycles. The predicted molar refractivity (Wildman–Crippen MR) is 88.2 cm³/mol. The molecule has 0 aromatic rings. The fourth-order valence-corrected chi connectivity index (χ4v) is 2.67. The molecular formula is C17H22CrO7S. The zero-order valence-corrected chi connectivity index (χ0v) is 17.5. The van der Waals surface area contributed by atoms with Gasteiger partial charge in [0.05, 0.1) is 0 Å². The molecular weight excluding hydrogens is 400 g/mol. The first-order valence-corrected chi connectivity index (χ1v) is 8.27. The molecule has 7 nitrogen and oxygen atoms in total. The minimum atomic E-state index is -0.248. The molecule has 144 valence electrons. The van der Waals surface area contributed by atoms with Gasteiger partial charge in [-0.3, -0.25) is 0 Å². The van der Waals surface area contributed by atoms with Crippen molar-refractivity contribution in [2.75, 3.05) is 19.0 Å². The van der Waals surface area contributed by atoms with Crippen LogP contribution in [0.4, 0.5) is 0 Å². The second-order valence-corrected chi connectivity index (χ2v) is 5.57. The summed E-state index contributed by atoms with van der Waals surface area (Å²) >= 11 is 4.72. The molecule has 0 unspecified atom stereocenters. The zero-order valence-electron chi connectivity index (χ0n) is 15.4. The topological polar surface area (TPSA) is 118 Å². The number of ether oxygens (including phenoxy) is 2. The molecule has 0 heterocycles. The monoisotopic (exact) mass is 422 g/mol. The Hall–Kier alpha value is -0.888. The van der Waals surface area contributed by atoms with Crippen LogP contribution in [0.15, 0.2) is 11.0 Å². The molecule has 0 spiro atoms. The van der Waals surface area contributed by atoms with Crippen LogP contribution in [0.1, 0.15) is 34.6 Å². The average molecular weight is 422 g/mol. The second-order valence-electron chi connectivity index (χ2n) is 3.64.